The fourth-order valence-corrected chi connectivity index (χ4v) is 2.36. The predicted octanol–water partition coefficient (Wildman–Crippen LogP) is 5.23. The second-order valence-electron chi connectivity index (χ2n) is 5.52. The van der Waals surface area contributed by atoms with Gasteiger partial charge in [-0.2, -0.15) is 0 Å². The van der Waals surface area contributed by atoms with Gasteiger partial charge in [-0.05, 0) is 48.5 Å². The van der Waals surface area contributed by atoms with E-state index in [-0.39, 0.29) is 11.4 Å². The summed E-state index contributed by atoms with van der Waals surface area (Å²) in [5, 5.41) is 15.5. The number of halogens is 1. The summed E-state index contributed by atoms with van der Waals surface area (Å²) in [5.74, 6) is -0.162. The normalized spacial score (nSPS) is 10.6. The zero-order valence-corrected chi connectivity index (χ0v) is 15.1. The SMILES string of the molecule is O=C(O/N=C\c1ccc(Oc2ccc(Cl)cc2)c([N+](=O)[O-])c1)c1ccccc1. The van der Waals surface area contributed by atoms with E-state index >= 15 is 0 Å². The van der Waals surface area contributed by atoms with Crippen LogP contribution in [0.25, 0.3) is 0 Å². The first-order valence-corrected chi connectivity index (χ1v) is 8.42. The first kappa shape index (κ1) is 19.1. The molecule has 7 nitrogen and oxygen atoms in total. The van der Waals surface area contributed by atoms with Crippen molar-refractivity contribution >= 4 is 29.5 Å². The number of carbonyl (C=O) groups excluding carboxylic acids is 1. The molecule has 0 aromatic heterocycles. The van der Waals surface area contributed by atoms with Crippen molar-refractivity contribution in [3.05, 3.63) is 99.1 Å². The maximum absolute atomic E-state index is 11.8. The molecule has 0 heterocycles. The lowest BCUT2D eigenvalue weighted by atomic mass is 10.2. The van der Waals surface area contributed by atoms with Crippen LogP contribution in [-0.4, -0.2) is 17.1 Å². The van der Waals surface area contributed by atoms with E-state index in [2.05, 4.69) is 5.16 Å². The summed E-state index contributed by atoms with van der Waals surface area (Å²) in [6.45, 7) is 0. The highest BCUT2D eigenvalue weighted by Crippen LogP contribution is 2.32. The summed E-state index contributed by atoms with van der Waals surface area (Å²) >= 11 is 5.81. The summed E-state index contributed by atoms with van der Waals surface area (Å²) in [5.41, 5.74) is 0.460. The van der Waals surface area contributed by atoms with Crippen molar-refractivity contribution in [2.24, 2.45) is 5.16 Å². The molecule has 0 saturated heterocycles. The molecule has 0 unspecified atom stereocenters. The van der Waals surface area contributed by atoms with Crippen molar-refractivity contribution in [2.45, 2.75) is 0 Å². The lowest BCUT2D eigenvalue weighted by Gasteiger charge is -2.07. The fourth-order valence-electron chi connectivity index (χ4n) is 2.24. The van der Waals surface area contributed by atoms with E-state index in [0.29, 0.717) is 21.9 Å². The number of oxime groups is 1. The molecule has 140 valence electrons. The standard InChI is InChI=1S/C20H13ClN2O5/c21-16-7-9-17(10-8-16)27-19-11-6-14(12-18(19)23(25)26)13-22-28-20(24)15-4-2-1-3-5-15/h1-13H/b22-13-. The van der Waals surface area contributed by atoms with Crippen molar-refractivity contribution in [1.82, 2.24) is 0 Å². The van der Waals surface area contributed by atoms with E-state index < -0.39 is 10.9 Å². The van der Waals surface area contributed by atoms with Crippen LogP contribution in [0.4, 0.5) is 5.69 Å². The van der Waals surface area contributed by atoms with Gasteiger partial charge in [0.15, 0.2) is 0 Å². The maximum Gasteiger partial charge on any atom is 0.365 e. The number of nitro groups is 1. The van der Waals surface area contributed by atoms with Crippen molar-refractivity contribution in [3.63, 3.8) is 0 Å². The molecule has 0 atom stereocenters. The number of ether oxygens (including phenoxy) is 1. The molecule has 0 spiro atoms. The minimum Gasteiger partial charge on any atom is -0.450 e. The minimum atomic E-state index is -0.631. The Morgan fingerprint density at radius 2 is 1.75 bits per heavy atom. The molecule has 3 aromatic rings. The van der Waals surface area contributed by atoms with Crippen LogP contribution in [0.15, 0.2) is 78.0 Å². The van der Waals surface area contributed by atoms with Gasteiger partial charge in [-0.3, -0.25) is 10.1 Å². The molecule has 3 aromatic carbocycles. The van der Waals surface area contributed by atoms with Crippen LogP contribution >= 0.6 is 11.6 Å². The number of nitro benzene ring substituents is 1. The highest BCUT2D eigenvalue weighted by atomic mass is 35.5. The van der Waals surface area contributed by atoms with Gasteiger partial charge >= 0.3 is 11.7 Å². The van der Waals surface area contributed by atoms with Crippen LogP contribution in [0.3, 0.4) is 0 Å². The third-order valence-corrected chi connectivity index (χ3v) is 3.82. The fraction of sp³-hybridized carbons (Fsp3) is 0. The molecular weight excluding hydrogens is 384 g/mol. The second kappa shape index (κ2) is 8.79. The Morgan fingerprint density at radius 1 is 1.04 bits per heavy atom. The highest BCUT2D eigenvalue weighted by Gasteiger charge is 2.16. The topological polar surface area (TPSA) is 91.0 Å². The van der Waals surface area contributed by atoms with Gasteiger partial charge in [0.1, 0.15) is 5.75 Å². The summed E-state index contributed by atoms with van der Waals surface area (Å²) in [4.78, 5) is 27.4. The lowest BCUT2D eigenvalue weighted by molar-refractivity contribution is -0.385. The Labute approximate surface area is 164 Å². The Bertz CT molecular complexity index is 1020. The van der Waals surface area contributed by atoms with E-state index in [4.69, 9.17) is 21.2 Å². The maximum atomic E-state index is 11.8. The zero-order valence-electron chi connectivity index (χ0n) is 14.3. The smallest absolute Gasteiger partial charge is 0.365 e. The molecule has 8 heteroatoms. The predicted molar refractivity (Wildman–Crippen MR) is 104 cm³/mol. The van der Waals surface area contributed by atoms with Crippen molar-refractivity contribution < 1.29 is 19.3 Å². The first-order chi connectivity index (χ1) is 13.5. The van der Waals surface area contributed by atoms with E-state index in [1.165, 1.54) is 18.3 Å². The van der Waals surface area contributed by atoms with Crippen LogP contribution in [0, 0.1) is 10.1 Å². The highest BCUT2D eigenvalue weighted by molar-refractivity contribution is 6.30. The molecule has 0 aliphatic heterocycles. The van der Waals surface area contributed by atoms with E-state index in [0.717, 1.165) is 0 Å². The van der Waals surface area contributed by atoms with Crippen molar-refractivity contribution in [2.75, 3.05) is 0 Å². The minimum absolute atomic E-state index is 0.0609. The Balaban J connectivity index is 1.74. The van der Waals surface area contributed by atoms with Gasteiger partial charge in [0.2, 0.25) is 5.75 Å². The number of rotatable bonds is 6. The molecule has 0 saturated carbocycles. The Morgan fingerprint density at radius 3 is 2.43 bits per heavy atom. The summed E-state index contributed by atoms with van der Waals surface area (Å²) in [7, 11) is 0. The third-order valence-electron chi connectivity index (χ3n) is 3.57. The van der Waals surface area contributed by atoms with Crippen molar-refractivity contribution in [1.29, 1.82) is 0 Å². The number of hydrogen-bond donors (Lipinski definition) is 0. The molecule has 0 aliphatic carbocycles. The van der Waals surface area contributed by atoms with Gasteiger partial charge in [-0.15, -0.1) is 0 Å². The first-order valence-electron chi connectivity index (χ1n) is 8.04. The Hall–Kier alpha value is -3.71. The molecule has 0 amide bonds. The van der Waals surface area contributed by atoms with Gasteiger partial charge in [0.25, 0.3) is 0 Å². The van der Waals surface area contributed by atoms with E-state index in [1.807, 2.05) is 0 Å². The average molecular weight is 397 g/mol. The van der Waals surface area contributed by atoms with Gasteiger partial charge in [0.05, 0.1) is 16.7 Å². The van der Waals surface area contributed by atoms with Crippen LogP contribution in [-0.2, 0) is 4.84 Å². The summed E-state index contributed by atoms with van der Waals surface area (Å²) in [6.07, 6.45) is 1.21. The number of nitrogens with zero attached hydrogens (tertiary/aromatic N) is 2. The molecule has 0 fully saturated rings. The second-order valence-corrected chi connectivity index (χ2v) is 5.96. The molecule has 28 heavy (non-hydrogen) atoms. The summed E-state index contributed by atoms with van der Waals surface area (Å²) in [6, 6.07) is 19.0. The third kappa shape index (κ3) is 4.93. The Kier molecular flexibility index (Phi) is 5.98. The van der Waals surface area contributed by atoms with Crippen molar-refractivity contribution in [3.8, 4) is 11.5 Å². The summed E-state index contributed by atoms with van der Waals surface area (Å²) < 4.78 is 5.55. The van der Waals surface area contributed by atoms with Crippen LogP contribution in [0.2, 0.25) is 5.02 Å². The molecule has 0 bridgehead atoms. The molecular formula is C20H13ClN2O5. The molecule has 0 N–H and O–H groups in total. The van der Waals surface area contributed by atoms with Gasteiger partial charge < -0.3 is 9.57 Å². The largest absolute Gasteiger partial charge is 0.450 e. The number of hydrogen-bond acceptors (Lipinski definition) is 6. The molecule has 3 rings (SSSR count). The van der Waals surface area contributed by atoms with E-state index in [9.17, 15) is 14.9 Å². The quantitative estimate of drug-likeness (QED) is 0.246. The van der Waals surface area contributed by atoms with E-state index in [1.54, 1.807) is 60.7 Å². The molecule has 0 aliphatic rings. The van der Waals surface area contributed by atoms with Crippen LogP contribution in [0.1, 0.15) is 15.9 Å². The van der Waals surface area contributed by atoms with Crippen LogP contribution in [0.5, 0.6) is 11.5 Å². The zero-order chi connectivity index (χ0) is 19.9. The monoisotopic (exact) mass is 396 g/mol. The average Bonchev–Trinajstić information content (AvgIpc) is 2.71. The van der Waals surface area contributed by atoms with Crippen LogP contribution < -0.4 is 4.74 Å². The number of benzene rings is 3. The van der Waals surface area contributed by atoms with Gasteiger partial charge in [0, 0.05) is 16.7 Å². The lowest BCUT2D eigenvalue weighted by Crippen LogP contribution is -2.00. The van der Waals surface area contributed by atoms with Gasteiger partial charge in [-0.1, -0.05) is 35.0 Å². The number of carbonyl (C=O) groups is 1. The molecule has 0 radical (unpaired) electrons. The van der Waals surface area contributed by atoms with Gasteiger partial charge in [-0.25, -0.2) is 4.79 Å².